The molecule has 0 amide bonds. The lowest BCUT2D eigenvalue weighted by Crippen LogP contribution is -2.47. The van der Waals surface area contributed by atoms with Crippen molar-refractivity contribution in [2.24, 2.45) is 0 Å². The van der Waals surface area contributed by atoms with Crippen molar-refractivity contribution in [2.45, 2.75) is 25.8 Å². The molecule has 92 valence electrons. The second-order valence-corrected chi connectivity index (χ2v) is 6.46. The summed E-state index contributed by atoms with van der Waals surface area (Å²) in [7, 11) is -0.119. The zero-order valence-corrected chi connectivity index (χ0v) is 11.4. The summed E-state index contributed by atoms with van der Waals surface area (Å²) in [6.45, 7) is 4.05. The van der Waals surface area contributed by atoms with Crippen molar-refractivity contribution in [3.63, 3.8) is 0 Å². The van der Waals surface area contributed by atoms with E-state index >= 15 is 0 Å². The molecule has 6 heteroatoms. The molecule has 0 aromatic rings. The van der Waals surface area contributed by atoms with Crippen LogP contribution in [0.2, 0.25) is 0 Å². The first kappa shape index (κ1) is 15.2. The van der Waals surface area contributed by atoms with Gasteiger partial charge in [0.05, 0.1) is 5.75 Å². The molecule has 0 N–H and O–H groups in total. The van der Waals surface area contributed by atoms with Crippen molar-refractivity contribution in [1.82, 2.24) is 4.31 Å². The van der Waals surface area contributed by atoms with Gasteiger partial charge in [0, 0.05) is 32.2 Å². The van der Waals surface area contributed by atoms with Crippen LogP contribution >= 0.6 is 11.6 Å². The fourth-order valence-corrected chi connectivity index (χ4v) is 2.81. The third-order valence-corrected chi connectivity index (χ3v) is 5.13. The number of halogens is 1. The van der Waals surface area contributed by atoms with Gasteiger partial charge in [-0.05, 0) is 20.3 Å². The summed E-state index contributed by atoms with van der Waals surface area (Å²) in [4.78, 5) is 0. The van der Waals surface area contributed by atoms with Crippen molar-refractivity contribution in [3.05, 3.63) is 0 Å². The van der Waals surface area contributed by atoms with Crippen LogP contribution in [0.15, 0.2) is 0 Å². The molecule has 0 aliphatic rings. The maximum absolute atomic E-state index is 11.8. The van der Waals surface area contributed by atoms with Crippen molar-refractivity contribution in [1.29, 1.82) is 0 Å². The van der Waals surface area contributed by atoms with Gasteiger partial charge in [0.15, 0.2) is 0 Å². The second-order valence-electron chi connectivity index (χ2n) is 4.08. The summed E-state index contributed by atoms with van der Waals surface area (Å²) in [6, 6.07) is 0. The van der Waals surface area contributed by atoms with Gasteiger partial charge in [0.25, 0.3) is 0 Å². The zero-order chi connectivity index (χ0) is 12.1. The van der Waals surface area contributed by atoms with Crippen LogP contribution in [0.4, 0.5) is 0 Å². The maximum Gasteiger partial charge on any atom is 0.214 e. The lowest BCUT2D eigenvalue weighted by atomic mass is 10.1. The molecular weight excluding hydrogens is 238 g/mol. The van der Waals surface area contributed by atoms with Crippen LogP contribution in [0.1, 0.15) is 20.3 Å². The number of alkyl halides is 1. The quantitative estimate of drug-likeness (QED) is 0.510. The average molecular weight is 258 g/mol. The Labute approximate surface area is 97.6 Å². The van der Waals surface area contributed by atoms with E-state index < -0.39 is 15.6 Å². The highest BCUT2D eigenvalue weighted by molar-refractivity contribution is 7.89. The number of sulfonamides is 1. The van der Waals surface area contributed by atoms with E-state index in [0.29, 0.717) is 13.0 Å². The van der Waals surface area contributed by atoms with E-state index in [9.17, 15) is 8.42 Å². The maximum atomic E-state index is 11.8. The van der Waals surface area contributed by atoms with Gasteiger partial charge in [-0.15, -0.1) is 11.6 Å². The molecule has 0 fully saturated rings. The third-order valence-electron chi connectivity index (χ3n) is 2.35. The number of hydrogen-bond acceptors (Lipinski definition) is 3. The van der Waals surface area contributed by atoms with Crippen molar-refractivity contribution in [2.75, 3.05) is 32.4 Å². The largest absolute Gasteiger partial charge is 0.385 e. The number of ether oxygens (including phenoxy) is 1. The summed E-state index contributed by atoms with van der Waals surface area (Å²) in [6.07, 6.45) is 0.502. The number of nitrogens with zero attached hydrogens (tertiary/aromatic N) is 1. The van der Waals surface area contributed by atoms with Gasteiger partial charge < -0.3 is 4.74 Å². The molecule has 0 saturated carbocycles. The molecule has 0 rings (SSSR count). The minimum Gasteiger partial charge on any atom is -0.385 e. The minimum atomic E-state index is -3.23. The van der Waals surface area contributed by atoms with Gasteiger partial charge in [-0.1, -0.05) is 0 Å². The first-order valence-corrected chi connectivity index (χ1v) is 6.94. The van der Waals surface area contributed by atoms with E-state index in [2.05, 4.69) is 0 Å². The van der Waals surface area contributed by atoms with Gasteiger partial charge in [-0.25, -0.2) is 8.42 Å². The van der Waals surface area contributed by atoms with Crippen LogP contribution in [-0.4, -0.2) is 50.7 Å². The summed E-state index contributed by atoms with van der Waals surface area (Å²) in [5.74, 6) is 0.366. The molecule has 0 heterocycles. The molecule has 0 aliphatic heterocycles. The van der Waals surface area contributed by atoms with Gasteiger partial charge >= 0.3 is 0 Å². The van der Waals surface area contributed by atoms with Gasteiger partial charge in [-0.3, -0.25) is 0 Å². The fourth-order valence-electron chi connectivity index (χ4n) is 0.983. The summed E-state index contributed by atoms with van der Waals surface area (Å²) < 4.78 is 29.8. The smallest absolute Gasteiger partial charge is 0.214 e. The van der Waals surface area contributed by atoms with Gasteiger partial charge in [0.2, 0.25) is 10.0 Å². The zero-order valence-electron chi connectivity index (χ0n) is 9.79. The molecule has 0 saturated heterocycles. The highest BCUT2D eigenvalue weighted by Crippen LogP contribution is 2.18. The van der Waals surface area contributed by atoms with Crippen LogP contribution in [0, 0.1) is 0 Å². The van der Waals surface area contributed by atoms with Crippen LogP contribution in [0.5, 0.6) is 0 Å². The van der Waals surface area contributed by atoms with E-state index in [4.69, 9.17) is 16.3 Å². The Balaban J connectivity index is 4.46. The van der Waals surface area contributed by atoms with Crippen molar-refractivity contribution >= 4 is 21.6 Å². The average Bonchev–Trinajstić information content (AvgIpc) is 2.17. The Morgan fingerprint density at radius 3 is 2.33 bits per heavy atom. The predicted molar refractivity (Wildman–Crippen MR) is 62.8 cm³/mol. The number of hydrogen-bond donors (Lipinski definition) is 0. The third kappa shape index (κ3) is 4.68. The minimum absolute atomic E-state index is 0.0949. The molecule has 0 radical (unpaired) electrons. The Kier molecular flexibility index (Phi) is 6.10. The van der Waals surface area contributed by atoms with Crippen LogP contribution in [-0.2, 0) is 14.8 Å². The fraction of sp³-hybridized carbons (Fsp3) is 1.00. The molecule has 0 spiro atoms. The van der Waals surface area contributed by atoms with Crippen LogP contribution < -0.4 is 0 Å². The highest BCUT2D eigenvalue weighted by Gasteiger charge is 2.31. The SMILES string of the molecule is COCCCS(=O)(=O)N(C)C(C)(C)CCl. The number of rotatable bonds is 7. The summed E-state index contributed by atoms with van der Waals surface area (Å²) >= 11 is 5.72. The van der Waals surface area contributed by atoms with E-state index in [0.717, 1.165) is 0 Å². The van der Waals surface area contributed by atoms with E-state index in [1.165, 1.54) is 4.31 Å². The molecule has 0 bridgehead atoms. The van der Waals surface area contributed by atoms with Crippen molar-refractivity contribution < 1.29 is 13.2 Å². The molecule has 0 aliphatic carbocycles. The van der Waals surface area contributed by atoms with Gasteiger partial charge in [-0.2, -0.15) is 4.31 Å². The monoisotopic (exact) mass is 257 g/mol. The highest BCUT2D eigenvalue weighted by atomic mass is 35.5. The normalized spacial score (nSPS) is 13.5. The second kappa shape index (κ2) is 6.03. The van der Waals surface area contributed by atoms with E-state index in [1.807, 2.05) is 0 Å². The van der Waals surface area contributed by atoms with Crippen LogP contribution in [0.25, 0.3) is 0 Å². The summed E-state index contributed by atoms with van der Waals surface area (Å²) in [5, 5.41) is 0. The molecule has 0 aromatic heterocycles. The molecular formula is C9H20ClNO3S. The van der Waals surface area contributed by atoms with Crippen molar-refractivity contribution in [3.8, 4) is 0 Å². The number of methoxy groups -OCH3 is 1. The Bertz CT molecular complexity index is 277. The standard InChI is InChI=1S/C9H20ClNO3S/c1-9(2,8-10)11(3)15(12,13)7-5-6-14-4/h5-8H2,1-4H3. The summed E-state index contributed by atoms with van der Waals surface area (Å²) in [5.41, 5.74) is -0.548. The Morgan fingerprint density at radius 1 is 1.40 bits per heavy atom. The lowest BCUT2D eigenvalue weighted by molar-refractivity contribution is 0.198. The Morgan fingerprint density at radius 2 is 1.93 bits per heavy atom. The molecule has 0 atom stereocenters. The first-order chi connectivity index (χ1) is 6.78. The van der Waals surface area contributed by atoms with Crippen LogP contribution in [0.3, 0.4) is 0 Å². The molecule has 0 unspecified atom stereocenters. The van der Waals surface area contributed by atoms with Gasteiger partial charge in [0.1, 0.15) is 0 Å². The Hall–Kier alpha value is 0.160. The molecule has 4 nitrogen and oxygen atoms in total. The topological polar surface area (TPSA) is 46.6 Å². The lowest BCUT2D eigenvalue weighted by Gasteiger charge is -2.32. The molecule has 15 heavy (non-hydrogen) atoms. The first-order valence-electron chi connectivity index (χ1n) is 4.79. The predicted octanol–water partition coefficient (Wildman–Crippen LogP) is 1.30. The van der Waals surface area contributed by atoms with E-state index in [1.54, 1.807) is 28.0 Å². The molecule has 0 aromatic carbocycles. The van der Waals surface area contributed by atoms with E-state index in [-0.39, 0.29) is 11.6 Å².